The van der Waals surface area contributed by atoms with E-state index in [1.165, 1.54) is 19.9 Å². The number of cyclic esters (lactones) is 1. The summed E-state index contributed by atoms with van der Waals surface area (Å²) < 4.78 is 22.3. The van der Waals surface area contributed by atoms with Crippen molar-refractivity contribution in [2.75, 3.05) is 7.11 Å². The van der Waals surface area contributed by atoms with Crippen molar-refractivity contribution < 1.29 is 49.0 Å². The van der Waals surface area contributed by atoms with Gasteiger partial charge in [-0.15, -0.1) is 0 Å². The Morgan fingerprint density at radius 1 is 1.22 bits per heavy atom. The Balaban J connectivity index is 2.20. The molecule has 0 amide bonds. The zero-order valence-electron chi connectivity index (χ0n) is 25.6. The second-order valence-corrected chi connectivity index (χ2v) is 11.8. The minimum Gasteiger partial charge on any atom is -0.457 e. The van der Waals surface area contributed by atoms with Crippen molar-refractivity contribution in [1.29, 1.82) is 0 Å². The van der Waals surface area contributed by atoms with Crippen LogP contribution in [0.15, 0.2) is 36.0 Å². The minimum absolute atomic E-state index is 0.0562. The number of allylic oxidation sites excluding steroid dienone is 2. The van der Waals surface area contributed by atoms with E-state index in [-0.39, 0.29) is 43.0 Å². The molecule has 0 aliphatic carbocycles. The first-order chi connectivity index (χ1) is 19.1. The molecule has 0 aromatic carbocycles. The van der Waals surface area contributed by atoms with E-state index in [2.05, 4.69) is 13.8 Å². The van der Waals surface area contributed by atoms with E-state index >= 15 is 0 Å². The van der Waals surface area contributed by atoms with Gasteiger partial charge in [0.1, 0.15) is 17.8 Å². The number of carbonyl (C=O) groups excluding carboxylic acids is 2. The summed E-state index contributed by atoms with van der Waals surface area (Å²) in [5.74, 6) is -1.75. The summed E-state index contributed by atoms with van der Waals surface area (Å²) in [5, 5.41) is 42.7. The van der Waals surface area contributed by atoms with Crippen LogP contribution in [0.4, 0.5) is 0 Å². The van der Waals surface area contributed by atoms with E-state index in [0.29, 0.717) is 5.57 Å². The van der Waals surface area contributed by atoms with Gasteiger partial charge in [-0.05, 0) is 31.9 Å². The topological polar surface area (TPSA) is 155 Å². The van der Waals surface area contributed by atoms with Crippen molar-refractivity contribution in [2.24, 2.45) is 17.8 Å². The van der Waals surface area contributed by atoms with Gasteiger partial charge in [-0.1, -0.05) is 52.0 Å². The fourth-order valence-corrected chi connectivity index (χ4v) is 5.36. The summed E-state index contributed by atoms with van der Waals surface area (Å²) in [5.41, 5.74) is -1.20. The molecule has 234 valence electrons. The third-order valence-electron chi connectivity index (χ3n) is 8.24. The molecular weight excluding hydrogens is 532 g/mol. The van der Waals surface area contributed by atoms with Crippen molar-refractivity contribution in [2.45, 2.75) is 122 Å². The van der Waals surface area contributed by atoms with Crippen molar-refractivity contribution >= 4 is 11.9 Å². The van der Waals surface area contributed by atoms with Crippen LogP contribution in [-0.4, -0.2) is 93.9 Å². The summed E-state index contributed by atoms with van der Waals surface area (Å²) in [6.07, 6.45) is 3.14. The summed E-state index contributed by atoms with van der Waals surface area (Å²) in [4.78, 5) is 24.4. The molecule has 4 N–H and O–H groups in total. The Morgan fingerprint density at radius 3 is 2.46 bits per heavy atom. The number of aliphatic hydroxyl groups is 4. The van der Waals surface area contributed by atoms with Gasteiger partial charge in [-0.2, -0.15) is 0 Å². The fourth-order valence-electron chi connectivity index (χ4n) is 5.36. The number of aliphatic hydroxyl groups excluding tert-OH is 3. The maximum absolute atomic E-state index is 12.7. The highest BCUT2D eigenvalue weighted by molar-refractivity contribution is 5.70. The first-order valence-corrected chi connectivity index (χ1v) is 14.5. The number of hydrogen-bond acceptors (Lipinski definition) is 10. The molecule has 10 heteroatoms. The molecule has 1 saturated heterocycles. The number of carbonyl (C=O) groups is 2. The second-order valence-electron chi connectivity index (χ2n) is 11.8. The Kier molecular flexibility index (Phi) is 13.2. The summed E-state index contributed by atoms with van der Waals surface area (Å²) in [6, 6.07) is 0. The number of ether oxygens (including phenoxy) is 4. The normalized spacial score (nSPS) is 37.2. The van der Waals surface area contributed by atoms with Crippen LogP contribution in [0.3, 0.4) is 0 Å². The molecule has 41 heavy (non-hydrogen) atoms. The average molecular weight is 583 g/mol. The predicted molar refractivity (Wildman–Crippen MR) is 153 cm³/mol. The zero-order valence-corrected chi connectivity index (χ0v) is 25.6. The van der Waals surface area contributed by atoms with Gasteiger partial charge in [-0.25, -0.2) is 0 Å². The molecule has 0 radical (unpaired) electrons. The van der Waals surface area contributed by atoms with E-state index < -0.39 is 54.0 Å². The Labute approximate surface area is 244 Å². The quantitative estimate of drug-likeness (QED) is 0.131. The molecular formula is C31H50O10. The molecule has 2 aliphatic rings. The van der Waals surface area contributed by atoms with Gasteiger partial charge in [0, 0.05) is 38.2 Å². The van der Waals surface area contributed by atoms with Crippen LogP contribution in [0.2, 0.25) is 0 Å². The number of epoxide rings is 1. The van der Waals surface area contributed by atoms with Gasteiger partial charge in [0.15, 0.2) is 6.10 Å². The van der Waals surface area contributed by atoms with Crippen molar-refractivity contribution in [1.82, 2.24) is 0 Å². The lowest BCUT2D eigenvalue weighted by Gasteiger charge is -2.36. The highest BCUT2D eigenvalue weighted by atomic mass is 16.6. The molecule has 2 aliphatic heterocycles. The Hall–Kier alpha value is -2.08. The summed E-state index contributed by atoms with van der Waals surface area (Å²) >= 11 is 0. The molecule has 0 aromatic rings. The van der Waals surface area contributed by atoms with Crippen molar-refractivity contribution in [3.63, 3.8) is 0 Å². The first-order valence-electron chi connectivity index (χ1n) is 14.5. The van der Waals surface area contributed by atoms with Crippen LogP contribution >= 0.6 is 0 Å². The van der Waals surface area contributed by atoms with Gasteiger partial charge in [0.2, 0.25) is 0 Å². The van der Waals surface area contributed by atoms with Gasteiger partial charge >= 0.3 is 11.9 Å². The minimum atomic E-state index is -1.91. The first kappa shape index (κ1) is 35.1. The molecule has 10 nitrogen and oxygen atoms in total. The number of hydrogen-bond donors (Lipinski definition) is 4. The van der Waals surface area contributed by atoms with Gasteiger partial charge in [0.05, 0.1) is 36.9 Å². The number of methoxy groups -OCH3 is 1. The molecule has 0 aromatic heterocycles. The molecule has 1 fully saturated rings. The second kappa shape index (κ2) is 15.4. The lowest BCUT2D eigenvalue weighted by atomic mass is 9.86. The summed E-state index contributed by atoms with van der Waals surface area (Å²) in [6.45, 7) is 12.1. The third kappa shape index (κ3) is 9.73. The number of esters is 2. The maximum atomic E-state index is 12.7. The number of rotatable bonds is 10. The van der Waals surface area contributed by atoms with E-state index in [4.69, 9.17) is 18.9 Å². The molecule has 0 saturated carbocycles. The molecule has 0 bridgehead atoms. The Morgan fingerprint density at radius 2 is 1.88 bits per heavy atom. The Bertz CT molecular complexity index is 953. The van der Waals surface area contributed by atoms with Crippen LogP contribution in [0.25, 0.3) is 0 Å². The van der Waals surface area contributed by atoms with Crippen molar-refractivity contribution in [3.8, 4) is 0 Å². The summed E-state index contributed by atoms with van der Waals surface area (Å²) in [7, 11) is 1.68. The third-order valence-corrected chi connectivity index (χ3v) is 8.24. The van der Waals surface area contributed by atoms with Crippen LogP contribution in [0.5, 0.6) is 0 Å². The largest absolute Gasteiger partial charge is 0.457 e. The van der Waals surface area contributed by atoms with Gasteiger partial charge in [0.25, 0.3) is 0 Å². The van der Waals surface area contributed by atoms with E-state index in [9.17, 15) is 30.0 Å². The van der Waals surface area contributed by atoms with Crippen molar-refractivity contribution in [3.05, 3.63) is 36.0 Å². The highest BCUT2D eigenvalue weighted by Gasteiger charge is 2.50. The van der Waals surface area contributed by atoms with E-state index in [0.717, 1.165) is 6.42 Å². The molecule has 2 heterocycles. The van der Waals surface area contributed by atoms with Gasteiger partial charge in [-0.3, -0.25) is 9.59 Å². The average Bonchev–Trinajstić information content (AvgIpc) is 3.69. The monoisotopic (exact) mass is 582 g/mol. The lowest BCUT2D eigenvalue weighted by Crippen LogP contribution is -2.52. The van der Waals surface area contributed by atoms with E-state index in [1.54, 1.807) is 39.2 Å². The van der Waals surface area contributed by atoms with E-state index in [1.807, 2.05) is 13.0 Å². The van der Waals surface area contributed by atoms with Crippen LogP contribution in [0, 0.1) is 17.8 Å². The van der Waals surface area contributed by atoms with Crippen LogP contribution in [0.1, 0.15) is 67.7 Å². The van der Waals surface area contributed by atoms with Crippen LogP contribution < -0.4 is 0 Å². The molecule has 2 rings (SSSR count). The molecule has 12 atom stereocenters. The lowest BCUT2D eigenvalue weighted by molar-refractivity contribution is -0.172. The predicted octanol–water partition coefficient (Wildman–Crippen LogP) is 2.62. The highest BCUT2D eigenvalue weighted by Crippen LogP contribution is 2.37. The van der Waals surface area contributed by atoms with Gasteiger partial charge < -0.3 is 39.4 Å². The molecule has 12 unspecified atom stereocenters. The standard InChI is InChI=1S/C31H50O10/c1-9-23(38-8)20(5)29-30(41-29)27(36)17(2)11-10-12-18(3)28-19(4)13-14-25(39-21(6)32)31(7,37)24(34)15-22(33)16-26(35)40-28/h10-14,17,19-20,22-25,27-30,33-34,36-37H,9,15-16H2,1-8H3/b11-10+,14-13+,18-12+. The SMILES string of the molecule is CCC(OC)C(C)C1OC1C(O)C(C)/C=C/C=C(\C)C1OC(=O)CC(O)CC(O)C(C)(O)C(OC(C)=O)/C=C/C1C. The zero-order chi connectivity index (χ0) is 31.1. The fraction of sp³-hybridized carbons (Fsp3) is 0.742. The smallest absolute Gasteiger partial charge is 0.309 e. The maximum Gasteiger partial charge on any atom is 0.309 e. The molecule has 0 spiro atoms. The van der Waals surface area contributed by atoms with Crippen LogP contribution in [-0.2, 0) is 28.5 Å².